The van der Waals surface area contributed by atoms with Crippen LogP contribution in [0.25, 0.3) is 0 Å². The molecule has 0 amide bonds. The first-order valence-electron chi connectivity index (χ1n) is 4.09. The number of hydrogen-bond donors (Lipinski definition) is 0. The monoisotopic (exact) mass is 159 g/mol. The number of hydrogen-bond acceptors (Lipinski definition) is 2. The van der Waals surface area contributed by atoms with E-state index in [0.717, 1.165) is 19.3 Å². The van der Waals surface area contributed by atoms with Crippen LogP contribution < -0.4 is 0 Å². The minimum absolute atomic E-state index is 0.0449. The Labute approximate surface area is 69.9 Å². The summed E-state index contributed by atoms with van der Waals surface area (Å²) < 4.78 is 10.1. The summed E-state index contributed by atoms with van der Waals surface area (Å²) in [4.78, 5) is 0. The molecule has 0 rings (SSSR count). The van der Waals surface area contributed by atoms with Crippen molar-refractivity contribution in [3.8, 4) is 0 Å². The van der Waals surface area contributed by atoms with Gasteiger partial charge in [-0.15, -0.1) is 0 Å². The molecule has 0 aliphatic carbocycles. The zero-order valence-electron chi connectivity index (χ0n) is 7.80. The molecule has 0 aromatic rings. The fourth-order valence-corrected chi connectivity index (χ4v) is 1.08. The van der Waals surface area contributed by atoms with Gasteiger partial charge in [-0.2, -0.15) is 0 Å². The molecule has 1 radical (unpaired) electrons. The average Bonchev–Trinajstić information content (AvgIpc) is 2.01. The van der Waals surface area contributed by atoms with Crippen molar-refractivity contribution in [1.29, 1.82) is 0 Å². The van der Waals surface area contributed by atoms with Crippen LogP contribution in [0.4, 0.5) is 0 Å². The van der Waals surface area contributed by atoms with Gasteiger partial charge < -0.3 is 9.47 Å². The van der Waals surface area contributed by atoms with E-state index < -0.39 is 0 Å². The van der Waals surface area contributed by atoms with Crippen molar-refractivity contribution in [1.82, 2.24) is 0 Å². The highest BCUT2D eigenvalue weighted by molar-refractivity contribution is 4.56. The minimum Gasteiger partial charge on any atom is -0.356 e. The Morgan fingerprint density at radius 2 is 1.82 bits per heavy atom. The summed E-state index contributed by atoms with van der Waals surface area (Å²) in [6.45, 7) is 5.99. The number of methoxy groups -OCH3 is 2. The van der Waals surface area contributed by atoms with Gasteiger partial charge in [-0.3, -0.25) is 0 Å². The van der Waals surface area contributed by atoms with E-state index in [2.05, 4.69) is 13.8 Å². The summed E-state index contributed by atoms with van der Waals surface area (Å²) in [6, 6.07) is 0. The van der Waals surface area contributed by atoms with E-state index in [0.29, 0.717) is 5.92 Å². The first kappa shape index (κ1) is 10.9. The molecule has 11 heavy (non-hydrogen) atoms. The zero-order valence-corrected chi connectivity index (χ0v) is 7.80. The Hall–Kier alpha value is -0.0800. The van der Waals surface area contributed by atoms with Crippen LogP contribution in [0.15, 0.2) is 0 Å². The Morgan fingerprint density at radius 3 is 2.18 bits per heavy atom. The first-order valence-corrected chi connectivity index (χ1v) is 4.09. The highest BCUT2D eigenvalue weighted by Gasteiger charge is 2.09. The van der Waals surface area contributed by atoms with Gasteiger partial charge in [0.15, 0.2) is 6.29 Å². The normalized spacial score (nSPS) is 13.9. The lowest BCUT2D eigenvalue weighted by molar-refractivity contribution is -0.113. The van der Waals surface area contributed by atoms with E-state index in [1.54, 1.807) is 14.2 Å². The van der Waals surface area contributed by atoms with Crippen LogP contribution in [0.5, 0.6) is 0 Å². The van der Waals surface area contributed by atoms with Crippen LogP contribution in [0.2, 0.25) is 0 Å². The zero-order chi connectivity index (χ0) is 8.69. The summed E-state index contributed by atoms with van der Waals surface area (Å²) in [7, 11) is 3.34. The third kappa shape index (κ3) is 5.22. The quantitative estimate of drug-likeness (QED) is 0.553. The standard InChI is InChI=1S/C9H19O2/c1-5-6-8(2)7-9(10-3)11-4/h8-9H,1,5-7H2,2-4H3. The molecule has 0 fully saturated rings. The van der Waals surface area contributed by atoms with Gasteiger partial charge >= 0.3 is 0 Å². The van der Waals surface area contributed by atoms with Crippen molar-refractivity contribution in [2.24, 2.45) is 5.92 Å². The molecule has 0 aromatic heterocycles. The van der Waals surface area contributed by atoms with Gasteiger partial charge in [-0.1, -0.05) is 26.7 Å². The minimum atomic E-state index is -0.0449. The fraction of sp³-hybridized carbons (Fsp3) is 0.889. The van der Waals surface area contributed by atoms with E-state index in [1.165, 1.54) is 0 Å². The molecule has 0 saturated carbocycles. The maximum Gasteiger partial charge on any atom is 0.157 e. The third-order valence-electron chi connectivity index (χ3n) is 1.82. The first-order chi connectivity index (χ1) is 5.24. The van der Waals surface area contributed by atoms with Gasteiger partial charge in [0.1, 0.15) is 0 Å². The van der Waals surface area contributed by atoms with Crippen molar-refractivity contribution in [2.75, 3.05) is 14.2 Å². The summed E-state index contributed by atoms with van der Waals surface area (Å²) in [5.74, 6) is 0.636. The number of rotatable bonds is 6. The van der Waals surface area contributed by atoms with Crippen LogP contribution in [0.1, 0.15) is 26.2 Å². The van der Waals surface area contributed by atoms with E-state index in [9.17, 15) is 0 Å². The summed E-state index contributed by atoms with van der Waals surface area (Å²) in [5.41, 5.74) is 0. The van der Waals surface area contributed by atoms with Gasteiger partial charge in [0.05, 0.1) is 0 Å². The van der Waals surface area contributed by atoms with Crippen molar-refractivity contribution in [2.45, 2.75) is 32.5 Å². The molecule has 0 N–H and O–H groups in total. The predicted octanol–water partition coefficient (Wildman–Crippen LogP) is 2.25. The third-order valence-corrected chi connectivity index (χ3v) is 1.82. The van der Waals surface area contributed by atoms with Crippen molar-refractivity contribution >= 4 is 0 Å². The summed E-state index contributed by atoms with van der Waals surface area (Å²) in [6.07, 6.45) is 3.05. The lowest BCUT2D eigenvalue weighted by atomic mass is 10.0. The smallest absolute Gasteiger partial charge is 0.157 e. The van der Waals surface area contributed by atoms with E-state index in [4.69, 9.17) is 9.47 Å². The topological polar surface area (TPSA) is 18.5 Å². The molecular formula is C9H19O2. The highest BCUT2D eigenvalue weighted by atomic mass is 16.7. The molecule has 0 heterocycles. The lowest BCUT2D eigenvalue weighted by Crippen LogP contribution is -2.16. The fourth-order valence-electron chi connectivity index (χ4n) is 1.08. The van der Waals surface area contributed by atoms with Gasteiger partial charge in [-0.05, 0) is 5.92 Å². The van der Waals surface area contributed by atoms with E-state index in [-0.39, 0.29) is 6.29 Å². The van der Waals surface area contributed by atoms with Crippen LogP contribution in [0.3, 0.4) is 0 Å². The van der Waals surface area contributed by atoms with Gasteiger partial charge in [0.25, 0.3) is 0 Å². The van der Waals surface area contributed by atoms with Crippen LogP contribution in [-0.4, -0.2) is 20.5 Å². The average molecular weight is 159 g/mol. The number of ether oxygens (including phenoxy) is 2. The maximum absolute atomic E-state index is 5.07. The van der Waals surface area contributed by atoms with Crippen LogP contribution in [0, 0.1) is 12.8 Å². The Bertz CT molecular complexity index is 79.6. The molecule has 0 aliphatic heterocycles. The molecule has 67 valence electrons. The highest BCUT2D eigenvalue weighted by Crippen LogP contribution is 2.13. The van der Waals surface area contributed by atoms with Gasteiger partial charge in [-0.25, -0.2) is 0 Å². The molecule has 1 unspecified atom stereocenters. The summed E-state index contributed by atoms with van der Waals surface area (Å²) in [5, 5.41) is 0. The second-order valence-corrected chi connectivity index (χ2v) is 2.88. The Kier molecular flexibility index (Phi) is 6.57. The Balaban J connectivity index is 3.44. The maximum atomic E-state index is 5.07. The lowest BCUT2D eigenvalue weighted by Gasteiger charge is -2.17. The molecule has 0 bridgehead atoms. The van der Waals surface area contributed by atoms with Crippen molar-refractivity contribution < 1.29 is 9.47 Å². The van der Waals surface area contributed by atoms with Crippen LogP contribution in [-0.2, 0) is 9.47 Å². The molecule has 2 heteroatoms. The molecule has 0 spiro atoms. The molecule has 1 atom stereocenters. The van der Waals surface area contributed by atoms with Gasteiger partial charge in [0, 0.05) is 20.6 Å². The SMILES string of the molecule is [CH2]CCC(C)CC(OC)OC. The molecule has 2 nitrogen and oxygen atoms in total. The predicted molar refractivity (Wildman–Crippen MR) is 46.2 cm³/mol. The van der Waals surface area contributed by atoms with Crippen molar-refractivity contribution in [3.63, 3.8) is 0 Å². The van der Waals surface area contributed by atoms with Crippen molar-refractivity contribution in [3.05, 3.63) is 6.92 Å². The Morgan fingerprint density at radius 1 is 1.27 bits per heavy atom. The van der Waals surface area contributed by atoms with E-state index in [1.807, 2.05) is 0 Å². The largest absolute Gasteiger partial charge is 0.356 e. The van der Waals surface area contributed by atoms with Gasteiger partial charge in [0.2, 0.25) is 0 Å². The van der Waals surface area contributed by atoms with E-state index >= 15 is 0 Å². The molecular weight excluding hydrogens is 140 g/mol. The second-order valence-electron chi connectivity index (χ2n) is 2.88. The van der Waals surface area contributed by atoms with Crippen LogP contribution >= 0.6 is 0 Å². The molecule has 0 saturated heterocycles. The molecule has 0 aliphatic rings. The summed E-state index contributed by atoms with van der Waals surface area (Å²) >= 11 is 0. The second kappa shape index (κ2) is 6.62. The molecule has 0 aromatic carbocycles.